The molecule has 0 spiro atoms. The summed E-state index contributed by atoms with van der Waals surface area (Å²) in [7, 11) is 0. The predicted molar refractivity (Wildman–Crippen MR) is 95.3 cm³/mol. The Balaban J connectivity index is 2.05. The van der Waals surface area contributed by atoms with Crippen molar-refractivity contribution in [3.05, 3.63) is 48.0 Å². The number of hydrogen-bond acceptors (Lipinski definition) is 3. The third-order valence-corrected chi connectivity index (χ3v) is 3.23. The number of benzene rings is 2. The van der Waals surface area contributed by atoms with Crippen molar-refractivity contribution in [2.45, 2.75) is 20.5 Å². The average molecular weight is 352 g/mol. The maximum absolute atomic E-state index is 12.5. The highest BCUT2D eigenvalue weighted by Crippen LogP contribution is 2.27. The van der Waals surface area contributed by atoms with Gasteiger partial charge in [-0.25, -0.2) is 0 Å². The van der Waals surface area contributed by atoms with Crippen molar-refractivity contribution >= 4 is 28.7 Å². The second-order valence-corrected chi connectivity index (χ2v) is 5.32. The van der Waals surface area contributed by atoms with Gasteiger partial charge in [-0.15, -0.1) is 0 Å². The first kappa shape index (κ1) is 17.9. The van der Waals surface area contributed by atoms with E-state index in [1.165, 1.54) is 6.07 Å². The third kappa shape index (κ3) is 5.34. The fraction of sp³-hybridized carbons (Fsp3) is 0.235. The zero-order valence-corrected chi connectivity index (χ0v) is 14.1. The number of hydrogen-bond donors (Lipinski definition) is 2. The second-order valence-electron chi connectivity index (χ2n) is 4.91. The topological polar surface area (TPSA) is 42.5 Å². The lowest BCUT2D eigenvalue weighted by molar-refractivity contribution is -0.0493. The number of halogens is 2. The first-order valence-electron chi connectivity index (χ1n) is 7.34. The Bertz CT molecular complexity index is 693. The van der Waals surface area contributed by atoms with Crippen LogP contribution in [0.1, 0.15) is 12.5 Å². The van der Waals surface area contributed by atoms with Gasteiger partial charge in [-0.1, -0.05) is 6.07 Å². The van der Waals surface area contributed by atoms with Gasteiger partial charge in [0, 0.05) is 5.69 Å². The summed E-state index contributed by atoms with van der Waals surface area (Å²) < 4.78 is 34.8. The number of nitrogens with one attached hydrogen (secondary N) is 2. The maximum atomic E-state index is 12.5. The minimum absolute atomic E-state index is 0.0337. The third-order valence-electron chi connectivity index (χ3n) is 3.02. The van der Waals surface area contributed by atoms with Gasteiger partial charge in [0.05, 0.1) is 12.3 Å². The van der Waals surface area contributed by atoms with Crippen LogP contribution in [0.4, 0.5) is 20.2 Å². The van der Waals surface area contributed by atoms with Crippen molar-refractivity contribution in [2.24, 2.45) is 0 Å². The largest absolute Gasteiger partial charge is 0.494 e. The molecule has 0 aliphatic rings. The standard InChI is InChI=1S/C17H18F2N2O2S/c1-3-22-13-7-5-12(6-8-13)20-17(24)21-14-10-11(2)4-9-15(14)23-16(18)19/h4-10,16H,3H2,1-2H3,(H2,20,21,24). The summed E-state index contributed by atoms with van der Waals surface area (Å²) >= 11 is 5.22. The van der Waals surface area contributed by atoms with Gasteiger partial charge < -0.3 is 20.1 Å². The smallest absolute Gasteiger partial charge is 0.387 e. The van der Waals surface area contributed by atoms with Crippen molar-refractivity contribution in [2.75, 3.05) is 17.2 Å². The van der Waals surface area contributed by atoms with E-state index in [1.807, 2.05) is 38.1 Å². The van der Waals surface area contributed by atoms with Crippen molar-refractivity contribution in [1.82, 2.24) is 0 Å². The molecule has 0 aliphatic carbocycles. The number of anilines is 2. The number of aryl methyl sites for hydroxylation is 1. The van der Waals surface area contributed by atoms with Crippen LogP contribution in [0.5, 0.6) is 11.5 Å². The van der Waals surface area contributed by atoms with Gasteiger partial charge in [0.25, 0.3) is 0 Å². The second kappa shape index (κ2) is 8.44. The SMILES string of the molecule is CCOc1ccc(NC(=S)Nc2cc(C)ccc2OC(F)F)cc1. The molecule has 7 heteroatoms. The number of thiocarbonyl (C=S) groups is 1. The molecule has 0 saturated carbocycles. The molecule has 0 aromatic heterocycles. The van der Waals surface area contributed by atoms with Gasteiger partial charge in [-0.05, 0) is 68.0 Å². The highest BCUT2D eigenvalue weighted by molar-refractivity contribution is 7.80. The van der Waals surface area contributed by atoms with Crippen molar-refractivity contribution in [3.63, 3.8) is 0 Å². The molecular weight excluding hydrogens is 334 g/mol. The zero-order chi connectivity index (χ0) is 17.5. The minimum atomic E-state index is -2.90. The van der Waals surface area contributed by atoms with Crippen LogP contribution < -0.4 is 20.1 Å². The zero-order valence-electron chi connectivity index (χ0n) is 13.3. The first-order chi connectivity index (χ1) is 11.5. The lowest BCUT2D eigenvalue weighted by atomic mass is 10.2. The monoisotopic (exact) mass is 352 g/mol. The van der Waals surface area contributed by atoms with E-state index in [4.69, 9.17) is 17.0 Å². The van der Waals surface area contributed by atoms with Crippen molar-refractivity contribution in [1.29, 1.82) is 0 Å². The Morgan fingerprint density at radius 1 is 1.12 bits per heavy atom. The van der Waals surface area contributed by atoms with Crippen LogP contribution in [0.25, 0.3) is 0 Å². The van der Waals surface area contributed by atoms with Gasteiger partial charge >= 0.3 is 6.61 Å². The van der Waals surface area contributed by atoms with E-state index < -0.39 is 6.61 Å². The van der Waals surface area contributed by atoms with Crippen LogP contribution in [0, 0.1) is 6.92 Å². The van der Waals surface area contributed by atoms with Crippen molar-refractivity contribution in [3.8, 4) is 11.5 Å². The molecule has 0 heterocycles. The Morgan fingerprint density at radius 3 is 2.46 bits per heavy atom. The van der Waals surface area contributed by atoms with E-state index in [1.54, 1.807) is 12.1 Å². The van der Waals surface area contributed by atoms with Crippen molar-refractivity contribution < 1.29 is 18.3 Å². The number of ether oxygens (including phenoxy) is 2. The molecule has 2 aromatic rings. The fourth-order valence-electron chi connectivity index (χ4n) is 2.03. The molecule has 4 nitrogen and oxygen atoms in total. The lowest BCUT2D eigenvalue weighted by Crippen LogP contribution is -2.20. The van der Waals surface area contributed by atoms with Crippen LogP contribution in [-0.2, 0) is 0 Å². The molecule has 0 amide bonds. The molecule has 2 aromatic carbocycles. The normalized spacial score (nSPS) is 10.4. The van der Waals surface area contributed by atoms with Gasteiger partial charge in [-0.3, -0.25) is 0 Å². The van der Waals surface area contributed by atoms with Crippen LogP contribution in [0.3, 0.4) is 0 Å². The Kier molecular flexibility index (Phi) is 6.31. The Labute approximate surface area is 144 Å². The lowest BCUT2D eigenvalue weighted by Gasteiger charge is -2.15. The quantitative estimate of drug-likeness (QED) is 0.731. The fourth-order valence-corrected chi connectivity index (χ4v) is 2.25. The molecule has 2 N–H and O–H groups in total. The Hall–Kier alpha value is -2.41. The minimum Gasteiger partial charge on any atom is -0.494 e. The van der Waals surface area contributed by atoms with E-state index in [0.29, 0.717) is 12.3 Å². The molecule has 0 unspecified atom stereocenters. The molecule has 0 atom stereocenters. The molecule has 0 bridgehead atoms. The predicted octanol–water partition coefficient (Wildman–Crippen LogP) is 4.80. The molecule has 0 saturated heterocycles. The van der Waals surface area contributed by atoms with E-state index in [-0.39, 0.29) is 10.9 Å². The molecule has 128 valence electrons. The molecule has 0 radical (unpaired) electrons. The number of rotatable bonds is 6. The highest BCUT2D eigenvalue weighted by atomic mass is 32.1. The molecule has 24 heavy (non-hydrogen) atoms. The van der Waals surface area contributed by atoms with Gasteiger partial charge in [0.2, 0.25) is 0 Å². The maximum Gasteiger partial charge on any atom is 0.387 e. The van der Waals surface area contributed by atoms with Gasteiger partial charge in [0.15, 0.2) is 5.11 Å². The summed E-state index contributed by atoms with van der Waals surface area (Å²) in [5.74, 6) is 0.791. The van der Waals surface area contributed by atoms with Gasteiger partial charge in [0.1, 0.15) is 11.5 Å². The summed E-state index contributed by atoms with van der Waals surface area (Å²) in [6.07, 6.45) is 0. The summed E-state index contributed by atoms with van der Waals surface area (Å²) in [6, 6.07) is 12.1. The molecular formula is C17H18F2N2O2S. The summed E-state index contributed by atoms with van der Waals surface area (Å²) in [5.41, 5.74) is 2.02. The van der Waals surface area contributed by atoms with E-state index in [0.717, 1.165) is 17.0 Å². The number of alkyl halides is 2. The molecule has 0 aliphatic heterocycles. The van der Waals surface area contributed by atoms with E-state index in [9.17, 15) is 8.78 Å². The summed E-state index contributed by atoms with van der Waals surface area (Å²) in [4.78, 5) is 0. The summed E-state index contributed by atoms with van der Waals surface area (Å²) in [6.45, 7) is 1.44. The van der Waals surface area contributed by atoms with Crippen LogP contribution in [0.2, 0.25) is 0 Å². The van der Waals surface area contributed by atoms with Crippen LogP contribution >= 0.6 is 12.2 Å². The van der Waals surface area contributed by atoms with E-state index >= 15 is 0 Å². The molecule has 0 fully saturated rings. The van der Waals surface area contributed by atoms with Gasteiger partial charge in [-0.2, -0.15) is 8.78 Å². The highest BCUT2D eigenvalue weighted by Gasteiger charge is 2.11. The summed E-state index contributed by atoms with van der Waals surface area (Å²) in [5, 5.41) is 6.12. The first-order valence-corrected chi connectivity index (χ1v) is 7.75. The van der Waals surface area contributed by atoms with Crippen LogP contribution in [-0.4, -0.2) is 18.3 Å². The van der Waals surface area contributed by atoms with Crippen LogP contribution in [0.15, 0.2) is 42.5 Å². The average Bonchev–Trinajstić information content (AvgIpc) is 2.52. The van der Waals surface area contributed by atoms with E-state index in [2.05, 4.69) is 15.4 Å². The Morgan fingerprint density at radius 2 is 1.83 bits per heavy atom. The molecule has 2 rings (SSSR count).